The molecule has 1 rings (SSSR count). The monoisotopic (exact) mass is 187 g/mol. The highest BCUT2D eigenvalue weighted by atomic mass is 16.5. The summed E-state index contributed by atoms with van der Waals surface area (Å²) in [5.74, 6) is -0.220. The summed E-state index contributed by atoms with van der Waals surface area (Å²) in [6.07, 6.45) is 0.0588. The number of carbonyl (C=O) groups excluding carboxylic acids is 1. The predicted octanol–water partition coefficient (Wildman–Crippen LogP) is 0.315. The van der Waals surface area contributed by atoms with E-state index in [1.54, 1.807) is 6.92 Å². The third-order valence-corrected chi connectivity index (χ3v) is 2.08. The molecule has 76 valence electrons. The number of hydrogen-bond donors (Lipinski definition) is 1. The molecule has 0 aromatic carbocycles. The van der Waals surface area contributed by atoms with Gasteiger partial charge in [-0.05, 0) is 20.8 Å². The van der Waals surface area contributed by atoms with Crippen molar-refractivity contribution in [2.45, 2.75) is 39.0 Å². The molecular formula is C9H17NO3. The summed E-state index contributed by atoms with van der Waals surface area (Å²) in [6, 6.07) is -0.309. The SMILES string of the molecule is CCOC(=O)C1NCC(C)OC1C. The van der Waals surface area contributed by atoms with E-state index in [4.69, 9.17) is 9.47 Å². The zero-order valence-corrected chi connectivity index (χ0v) is 8.37. The molecule has 0 amide bonds. The lowest BCUT2D eigenvalue weighted by atomic mass is 10.1. The molecule has 3 unspecified atom stereocenters. The van der Waals surface area contributed by atoms with Gasteiger partial charge in [0.2, 0.25) is 0 Å². The third-order valence-electron chi connectivity index (χ3n) is 2.08. The maximum absolute atomic E-state index is 11.4. The van der Waals surface area contributed by atoms with Crippen molar-refractivity contribution in [3.63, 3.8) is 0 Å². The van der Waals surface area contributed by atoms with Gasteiger partial charge in [0, 0.05) is 6.54 Å². The average Bonchev–Trinajstić information content (AvgIpc) is 2.04. The minimum atomic E-state index is -0.309. The summed E-state index contributed by atoms with van der Waals surface area (Å²) >= 11 is 0. The molecule has 1 aliphatic heterocycles. The Morgan fingerprint density at radius 2 is 2.31 bits per heavy atom. The Morgan fingerprint density at radius 3 is 2.85 bits per heavy atom. The molecule has 1 saturated heterocycles. The lowest BCUT2D eigenvalue weighted by Gasteiger charge is -2.32. The van der Waals surface area contributed by atoms with Crippen LogP contribution < -0.4 is 5.32 Å². The van der Waals surface area contributed by atoms with Crippen molar-refractivity contribution in [1.82, 2.24) is 5.32 Å². The van der Waals surface area contributed by atoms with E-state index in [-0.39, 0.29) is 24.2 Å². The topological polar surface area (TPSA) is 47.6 Å². The van der Waals surface area contributed by atoms with Crippen LogP contribution in [0.1, 0.15) is 20.8 Å². The molecule has 4 nitrogen and oxygen atoms in total. The van der Waals surface area contributed by atoms with E-state index in [2.05, 4.69) is 5.32 Å². The highest BCUT2D eigenvalue weighted by Crippen LogP contribution is 2.10. The normalized spacial score (nSPS) is 34.2. The summed E-state index contributed by atoms with van der Waals surface area (Å²) in [7, 11) is 0. The quantitative estimate of drug-likeness (QED) is 0.632. The van der Waals surface area contributed by atoms with E-state index < -0.39 is 0 Å². The minimum Gasteiger partial charge on any atom is -0.465 e. The molecule has 4 heteroatoms. The maximum Gasteiger partial charge on any atom is 0.325 e. The van der Waals surface area contributed by atoms with Crippen molar-refractivity contribution in [3.8, 4) is 0 Å². The molecule has 0 saturated carbocycles. The van der Waals surface area contributed by atoms with Crippen LogP contribution in [0.4, 0.5) is 0 Å². The molecule has 0 radical (unpaired) electrons. The Kier molecular flexibility index (Phi) is 3.69. The van der Waals surface area contributed by atoms with Crippen molar-refractivity contribution in [2.24, 2.45) is 0 Å². The second-order valence-electron chi connectivity index (χ2n) is 3.29. The predicted molar refractivity (Wildman–Crippen MR) is 48.4 cm³/mol. The molecular weight excluding hydrogens is 170 g/mol. The van der Waals surface area contributed by atoms with Crippen LogP contribution in [0, 0.1) is 0 Å². The van der Waals surface area contributed by atoms with Crippen molar-refractivity contribution < 1.29 is 14.3 Å². The summed E-state index contributed by atoms with van der Waals surface area (Å²) in [5, 5.41) is 3.10. The molecule has 0 spiro atoms. The number of hydrogen-bond acceptors (Lipinski definition) is 4. The van der Waals surface area contributed by atoms with Gasteiger partial charge in [0.05, 0.1) is 18.8 Å². The maximum atomic E-state index is 11.4. The standard InChI is InChI=1S/C9H17NO3/c1-4-12-9(11)8-7(3)13-6(2)5-10-8/h6-8,10H,4-5H2,1-3H3. The first-order chi connectivity index (χ1) is 6.15. The second-order valence-corrected chi connectivity index (χ2v) is 3.29. The second kappa shape index (κ2) is 4.58. The van der Waals surface area contributed by atoms with E-state index in [1.807, 2.05) is 13.8 Å². The molecule has 1 fully saturated rings. The van der Waals surface area contributed by atoms with Crippen LogP contribution in [0.25, 0.3) is 0 Å². The average molecular weight is 187 g/mol. The molecule has 3 atom stereocenters. The van der Waals surface area contributed by atoms with Gasteiger partial charge in [0.15, 0.2) is 0 Å². The summed E-state index contributed by atoms with van der Waals surface area (Å²) in [5.41, 5.74) is 0. The lowest BCUT2D eigenvalue weighted by molar-refractivity contribution is -0.154. The van der Waals surface area contributed by atoms with E-state index in [1.165, 1.54) is 0 Å². The van der Waals surface area contributed by atoms with Gasteiger partial charge in [-0.1, -0.05) is 0 Å². The number of morpholine rings is 1. The van der Waals surface area contributed by atoms with E-state index >= 15 is 0 Å². The molecule has 13 heavy (non-hydrogen) atoms. The van der Waals surface area contributed by atoms with Crippen LogP contribution in [0.5, 0.6) is 0 Å². The lowest BCUT2D eigenvalue weighted by Crippen LogP contribution is -2.54. The minimum absolute atomic E-state index is 0.109. The van der Waals surface area contributed by atoms with Gasteiger partial charge in [-0.3, -0.25) is 10.1 Å². The number of ether oxygens (including phenoxy) is 2. The van der Waals surface area contributed by atoms with Gasteiger partial charge in [-0.2, -0.15) is 0 Å². The summed E-state index contributed by atoms with van der Waals surface area (Å²) < 4.78 is 10.4. The number of carbonyl (C=O) groups is 1. The highest BCUT2D eigenvalue weighted by Gasteiger charge is 2.31. The van der Waals surface area contributed by atoms with E-state index in [9.17, 15) is 4.79 Å². The zero-order chi connectivity index (χ0) is 9.84. The van der Waals surface area contributed by atoms with Crippen LogP contribution in [0.2, 0.25) is 0 Å². The first-order valence-electron chi connectivity index (χ1n) is 4.70. The Balaban J connectivity index is 2.45. The van der Waals surface area contributed by atoms with Crippen LogP contribution in [0.3, 0.4) is 0 Å². The first-order valence-corrected chi connectivity index (χ1v) is 4.70. The fourth-order valence-corrected chi connectivity index (χ4v) is 1.46. The molecule has 0 aromatic rings. The number of nitrogens with one attached hydrogen (secondary N) is 1. The number of rotatable bonds is 2. The third kappa shape index (κ3) is 2.67. The molecule has 0 bridgehead atoms. The van der Waals surface area contributed by atoms with Crippen molar-refractivity contribution >= 4 is 5.97 Å². The van der Waals surface area contributed by atoms with Gasteiger partial charge in [-0.25, -0.2) is 0 Å². The van der Waals surface area contributed by atoms with E-state index in [0.717, 1.165) is 0 Å². The van der Waals surface area contributed by atoms with Crippen molar-refractivity contribution in [1.29, 1.82) is 0 Å². The smallest absolute Gasteiger partial charge is 0.325 e. The van der Waals surface area contributed by atoms with Crippen LogP contribution >= 0.6 is 0 Å². The van der Waals surface area contributed by atoms with Crippen LogP contribution in [0.15, 0.2) is 0 Å². The summed E-state index contributed by atoms with van der Waals surface area (Å²) in [6.45, 7) is 6.77. The molecule has 0 aromatic heterocycles. The van der Waals surface area contributed by atoms with Gasteiger partial charge < -0.3 is 9.47 Å². The van der Waals surface area contributed by atoms with Crippen molar-refractivity contribution in [2.75, 3.05) is 13.2 Å². The Labute approximate surface area is 78.6 Å². The van der Waals surface area contributed by atoms with Gasteiger partial charge in [-0.15, -0.1) is 0 Å². The van der Waals surface area contributed by atoms with Gasteiger partial charge in [0.25, 0.3) is 0 Å². The molecule has 1 aliphatic rings. The van der Waals surface area contributed by atoms with Crippen LogP contribution in [-0.2, 0) is 14.3 Å². The Morgan fingerprint density at radius 1 is 1.62 bits per heavy atom. The van der Waals surface area contributed by atoms with E-state index in [0.29, 0.717) is 13.2 Å². The molecule has 0 aliphatic carbocycles. The fourth-order valence-electron chi connectivity index (χ4n) is 1.46. The fraction of sp³-hybridized carbons (Fsp3) is 0.889. The largest absolute Gasteiger partial charge is 0.465 e. The molecule has 1 N–H and O–H groups in total. The van der Waals surface area contributed by atoms with Crippen LogP contribution in [-0.4, -0.2) is 37.4 Å². The van der Waals surface area contributed by atoms with Gasteiger partial charge in [0.1, 0.15) is 6.04 Å². The Bertz CT molecular complexity index is 184. The highest BCUT2D eigenvalue weighted by molar-refractivity contribution is 5.76. The number of esters is 1. The molecule has 1 heterocycles. The Hall–Kier alpha value is -0.610. The first kappa shape index (κ1) is 10.5. The zero-order valence-electron chi connectivity index (χ0n) is 8.37. The summed E-state index contributed by atoms with van der Waals surface area (Å²) in [4.78, 5) is 11.4. The van der Waals surface area contributed by atoms with Crippen molar-refractivity contribution in [3.05, 3.63) is 0 Å². The van der Waals surface area contributed by atoms with Gasteiger partial charge >= 0.3 is 5.97 Å².